The van der Waals surface area contributed by atoms with Gasteiger partial charge in [-0.1, -0.05) is 42.5 Å². The molecule has 1 atom stereocenters. The zero-order valence-corrected chi connectivity index (χ0v) is 20.4. The highest BCUT2D eigenvalue weighted by atomic mass is 32.2. The number of rotatable bonds is 6. The first kappa shape index (κ1) is 24.5. The van der Waals surface area contributed by atoms with Crippen LogP contribution < -0.4 is 5.32 Å². The lowest BCUT2D eigenvalue weighted by atomic mass is 9.93. The molecule has 0 radical (unpaired) electrons. The zero-order valence-electron chi connectivity index (χ0n) is 19.6. The molecule has 1 aromatic heterocycles. The molecule has 0 aliphatic carbocycles. The minimum absolute atomic E-state index is 0.00474. The van der Waals surface area contributed by atoms with Crippen molar-refractivity contribution < 1.29 is 28.0 Å². The van der Waals surface area contributed by atoms with E-state index in [1.54, 1.807) is 18.2 Å². The van der Waals surface area contributed by atoms with E-state index in [1.807, 2.05) is 24.3 Å². The third kappa shape index (κ3) is 5.05. The Bertz CT molecular complexity index is 1400. The number of furan rings is 1. The molecule has 188 valence electrons. The van der Waals surface area contributed by atoms with Crippen LogP contribution in [0.2, 0.25) is 0 Å². The van der Waals surface area contributed by atoms with Crippen molar-refractivity contribution in [2.45, 2.75) is 19.0 Å². The van der Waals surface area contributed by atoms with Crippen LogP contribution in [-0.4, -0.2) is 51.9 Å². The lowest BCUT2D eigenvalue weighted by Gasteiger charge is -2.35. The standard InChI is InChI=1S/C27H22FN3O5S/c28-20-9-4-3-7-18(20)15-23-26(34)30(27(35)37-23)12-11-29-24(32)21-14-17-6-1-2-8-19(17)16-31(21)25(33)22-10-5-13-36-22/h1-10,13,15,21H,11-12,14,16H2,(H,29,32)/b23-15-/t21-/m1/s1. The highest BCUT2D eigenvalue weighted by Crippen LogP contribution is 2.32. The summed E-state index contributed by atoms with van der Waals surface area (Å²) >= 11 is 0.723. The lowest BCUT2D eigenvalue weighted by Crippen LogP contribution is -2.53. The molecule has 37 heavy (non-hydrogen) atoms. The van der Waals surface area contributed by atoms with Gasteiger partial charge in [0.05, 0.1) is 11.2 Å². The number of carbonyl (C=O) groups excluding carboxylic acids is 4. The van der Waals surface area contributed by atoms with Gasteiger partial charge in [0.1, 0.15) is 11.9 Å². The maximum Gasteiger partial charge on any atom is 0.293 e. The van der Waals surface area contributed by atoms with E-state index in [9.17, 15) is 23.6 Å². The average molecular weight is 520 g/mol. The lowest BCUT2D eigenvalue weighted by molar-refractivity contribution is -0.127. The van der Waals surface area contributed by atoms with E-state index in [-0.39, 0.29) is 35.9 Å². The number of imide groups is 1. The molecule has 1 fully saturated rings. The summed E-state index contributed by atoms with van der Waals surface area (Å²) < 4.78 is 19.2. The first-order valence-corrected chi connectivity index (χ1v) is 12.4. The molecular weight excluding hydrogens is 497 g/mol. The molecule has 4 amide bonds. The van der Waals surface area contributed by atoms with Gasteiger partial charge >= 0.3 is 0 Å². The number of hydrogen-bond acceptors (Lipinski definition) is 6. The minimum atomic E-state index is -0.789. The van der Waals surface area contributed by atoms with Crippen LogP contribution in [0.25, 0.3) is 6.08 Å². The van der Waals surface area contributed by atoms with E-state index in [2.05, 4.69) is 5.32 Å². The van der Waals surface area contributed by atoms with Crippen LogP contribution in [0.15, 0.2) is 76.2 Å². The highest BCUT2D eigenvalue weighted by molar-refractivity contribution is 8.18. The monoisotopic (exact) mass is 519 g/mol. The second-order valence-electron chi connectivity index (χ2n) is 8.54. The Balaban J connectivity index is 1.25. The smallest absolute Gasteiger partial charge is 0.293 e. The van der Waals surface area contributed by atoms with Gasteiger partial charge in [0.25, 0.3) is 17.1 Å². The van der Waals surface area contributed by atoms with E-state index in [1.165, 1.54) is 35.4 Å². The summed E-state index contributed by atoms with van der Waals surface area (Å²) in [4.78, 5) is 54.0. The number of hydrogen-bond donors (Lipinski definition) is 1. The van der Waals surface area contributed by atoms with Gasteiger partial charge in [-0.15, -0.1) is 0 Å². The maximum atomic E-state index is 14.0. The SMILES string of the molecule is O=C(NCCN1C(=O)S/C(=C\c2ccccc2F)C1=O)[C@H]1Cc2ccccc2CN1C(=O)c1ccco1. The first-order valence-electron chi connectivity index (χ1n) is 11.6. The summed E-state index contributed by atoms with van der Waals surface area (Å²) in [5.74, 6) is -1.71. The number of fused-ring (bicyclic) bond motifs is 1. The molecule has 1 saturated heterocycles. The van der Waals surface area contributed by atoms with Crippen molar-refractivity contribution >= 4 is 40.8 Å². The Kier molecular flexibility index (Phi) is 6.91. The summed E-state index contributed by atoms with van der Waals surface area (Å²) in [6, 6.07) is 15.9. The average Bonchev–Trinajstić information content (AvgIpc) is 3.53. The third-order valence-corrected chi connectivity index (χ3v) is 7.15. The van der Waals surface area contributed by atoms with Crippen molar-refractivity contribution in [1.82, 2.24) is 15.1 Å². The van der Waals surface area contributed by atoms with Gasteiger partial charge in [-0.3, -0.25) is 24.1 Å². The van der Waals surface area contributed by atoms with Crippen molar-refractivity contribution in [1.29, 1.82) is 0 Å². The molecular formula is C27H22FN3O5S. The van der Waals surface area contributed by atoms with E-state index in [0.717, 1.165) is 27.8 Å². The Hall–Kier alpha value is -4.18. The first-order chi connectivity index (χ1) is 17.9. The van der Waals surface area contributed by atoms with Crippen molar-refractivity contribution in [2.24, 2.45) is 0 Å². The van der Waals surface area contributed by atoms with Gasteiger partial charge in [-0.05, 0) is 47.2 Å². The second kappa shape index (κ2) is 10.4. The molecule has 2 aliphatic rings. The molecule has 0 saturated carbocycles. The fraction of sp³-hybridized carbons (Fsp3) is 0.185. The predicted octanol–water partition coefficient (Wildman–Crippen LogP) is 3.84. The number of carbonyl (C=O) groups is 4. The number of nitrogens with one attached hydrogen (secondary N) is 1. The van der Waals surface area contributed by atoms with Crippen LogP contribution in [-0.2, 0) is 22.6 Å². The van der Waals surface area contributed by atoms with E-state index < -0.39 is 34.8 Å². The topological polar surface area (TPSA) is 99.9 Å². The summed E-state index contributed by atoms with van der Waals surface area (Å²) in [5.41, 5.74) is 2.13. The number of thioether (sulfide) groups is 1. The third-order valence-electron chi connectivity index (χ3n) is 6.24. The Morgan fingerprint density at radius 2 is 1.81 bits per heavy atom. The molecule has 3 aromatic rings. The van der Waals surface area contributed by atoms with Crippen LogP contribution in [0.3, 0.4) is 0 Å². The second-order valence-corrected chi connectivity index (χ2v) is 9.54. The van der Waals surface area contributed by atoms with Gasteiger partial charge < -0.3 is 14.6 Å². The van der Waals surface area contributed by atoms with Crippen LogP contribution in [0.1, 0.15) is 27.2 Å². The fourth-order valence-corrected chi connectivity index (χ4v) is 5.20. The van der Waals surface area contributed by atoms with Crippen LogP contribution in [0.4, 0.5) is 9.18 Å². The van der Waals surface area contributed by atoms with E-state index >= 15 is 0 Å². The van der Waals surface area contributed by atoms with Gasteiger partial charge in [0.2, 0.25) is 5.91 Å². The molecule has 2 aliphatic heterocycles. The Labute approximate surface area is 216 Å². The van der Waals surface area contributed by atoms with Crippen molar-refractivity contribution in [3.05, 3.63) is 100 Å². The molecule has 1 N–H and O–H groups in total. The molecule has 10 heteroatoms. The fourth-order valence-electron chi connectivity index (χ4n) is 4.35. The van der Waals surface area contributed by atoms with Gasteiger partial charge in [0.15, 0.2) is 5.76 Å². The van der Waals surface area contributed by atoms with Crippen LogP contribution >= 0.6 is 11.8 Å². The zero-order chi connectivity index (χ0) is 25.9. The van der Waals surface area contributed by atoms with E-state index in [4.69, 9.17) is 4.42 Å². The van der Waals surface area contributed by atoms with Crippen LogP contribution in [0, 0.1) is 5.82 Å². The quantitative estimate of drug-likeness (QED) is 0.497. The number of benzene rings is 2. The maximum absolute atomic E-state index is 14.0. The van der Waals surface area contributed by atoms with Gasteiger partial charge in [-0.25, -0.2) is 4.39 Å². The summed E-state index contributed by atoms with van der Waals surface area (Å²) in [6.45, 7) is 0.197. The number of amides is 4. The summed E-state index contributed by atoms with van der Waals surface area (Å²) in [7, 11) is 0. The molecule has 0 spiro atoms. The molecule has 0 unspecified atom stereocenters. The van der Waals surface area contributed by atoms with E-state index in [0.29, 0.717) is 6.42 Å². The van der Waals surface area contributed by atoms with Crippen molar-refractivity contribution in [3.63, 3.8) is 0 Å². The molecule has 2 aromatic carbocycles. The molecule has 8 nitrogen and oxygen atoms in total. The normalized spacial score (nSPS) is 18.3. The number of nitrogens with zero attached hydrogens (tertiary/aromatic N) is 2. The van der Waals surface area contributed by atoms with Crippen LogP contribution in [0.5, 0.6) is 0 Å². The molecule has 0 bridgehead atoms. The summed E-state index contributed by atoms with van der Waals surface area (Å²) in [6.07, 6.45) is 3.06. The minimum Gasteiger partial charge on any atom is -0.459 e. The van der Waals surface area contributed by atoms with Crippen molar-refractivity contribution in [3.8, 4) is 0 Å². The van der Waals surface area contributed by atoms with Crippen molar-refractivity contribution in [2.75, 3.05) is 13.1 Å². The Morgan fingerprint density at radius 3 is 2.57 bits per heavy atom. The molecule has 5 rings (SSSR count). The molecule has 3 heterocycles. The van der Waals surface area contributed by atoms with Gasteiger partial charge in [0, 0.05) is 31.6 Å². The Morgan fingerprint density at radius 1 is 1.05 bits per heavy atom. The summed E-state index contributed by atoms with van der Waals surface area (Å²) in [5, 5.41) is 2.26. The largest absolute Gasteiger partial charge is 0.459 e. The number of halogens is 1. The van der Waals surface area contributed by atoms with Gasteiger partial charge in [-0.2, -0.15) is 0 Å². The predicted molar refractivity (Wildman–Crippen MR) is 135 cm³/mol. The highest BCUT2D eigenvalue weighted by Gasteiger charge is 2.37.